The van der Waals surface area contributed by atoms with Crippen molar-refractivity contribution in [3.05, 3.63) is 47.5 Å². The first-order valence-electron chi connectivity index (χ1n) is 5.56. The number of fused-ring (bicyclic) bond motifs is 3. The maximum Gasteiger partial charge on any atom is 0.125 e. The van der Waals surface area contributed by atoms with Crippen LogP contribution >= 0.6 is 11.6 Å². The number of rotatable bonds is 1. The third-order valence-corrected chi connectivity index (χ3v) is 3.40. The van der Waals surface area contributed by atoms with Gasteiger partial charge in [0.2, 0.25) is 0 Å². The van der Waals surface area contributed by atoms with Crippen LogP contribution in [0.15, 0.2) is 41.9 Å². The molecule has 1 atom stereocenters. The number of benzene rings is 2. The second-order valence-corrected chi connectivity index (χ2v) is 4.46. The van der Waals surface area contributed by atoms with Crippen LogP contribution in [0.1, 0.15) is 11.5 Å². The van der Waals surface area contributed by atoms with Crippen LogP contribution in [-0.2, 0) is 0 Å². The van der Waals surface area contributed by atoms with Crippen LogP contribution in [0.25, 0.3) is 10.8 Å². The molecule has 1 unspecified atom stereocenters. The van der Waals surface area contributed by atoms with Crippen molar-refractivity contribution >= 4 is 28.1 Å². The molecule has 17 heavy (non-hydrogen) atoms. The van der Waals surface area contributed by atoms with E-state index < -0.39 is 0 Å². The van der Waals surface area contributed by atoms with Crippen molar-refractivity contribution in [2.75, 3.05) is 11.9 Å². The molecule has 0 aromatic heterocycles. The van der Waals surface area contributed by atoms with Crippen LogP contribution in [0.5, 0.6) is 5.75 Å². The number of hydrogen-bond donors (Lipinski definition) is 2. The minimum Gasteiger partial charge on any atom is -0.507 e. The van der Waals surface area contributed by atoms with Gasteiger partial charge in [-0.05, 0) is 10.9 Å². The summed E-state index contributed by atoms with van der Waals surface area (Å²) in [5, 5.41) is 15.2. The molecular weight excluding hydrogens is 234 g/mol. The van der Waals surface area contributed by atoms with Gasteiger partial charge >= 0.3 is 0 Å². The predicted molar refractivity (Wildman–Crippen MR) is 71.8 cm³/mol. The predicted octanol–water partition coefficient (Wildman–Crippen LogP) is 3.81. The van der Waals surface area contributed by atoms with E-state index in [1.165, 1.54) is 5.56 Å². The minimum atomic E-state index is 0.271. The summed E-state index contributed by atoms with van der Waals surface area (Å²) in [7, 11) is 0. The van der Waals surface area contributed by atoms with Crippen LogP contribution < -0.4 is 5.32 Å². The van der Waals surface area contributed by atoms with E-state index in [9.17, 15) is 5.11 Å². The molecule has 0 spiro atoms. The Labute approximate surface area is 105 Å². The lowest BCUT2D eigenvalue weighted by molar-refractivity contribution is 0.482. The lowest BCUT2D eigenvalue weighted by Crippen LogP contribution is -1.97. The van der Waals surface area contributed by atoms with E-state index in [1.54, 1.807) is 11.6 Å². The molecule has 2 N–H and O–H groups in total. The Bertz CT molecular complexity index is 606. The Morgan fingerprint density at radius 1 is 1.29 bits per heavy atom. The molecule has 0 amide bonds. The fraction of sp³-hybridized carbons (Fsp3) is 0.143. The highest BCUT2D eigenvalue weighted by Gasteiger charge is 2.23. The van der Waals surface area contributed by atoms with Crippen molar-refractivity contribution in [1.29, 1.82) is 0 Å². The Hall–Kier alpha value is -1.67. The summed E-state index contributed by atoms with van der Waals surface area (Å²) in [6.07, 6.45) is 1.98. The molecule has 1 aliphatic rings. The highest BCUT2D eigenvalue weighted by molar-refractivity contribution is 6.25. The monoisotopic (exact) mass is 245 g/mol. The third-order valence-electron chi connectivity index (χ3n) is 3.25. The highest BCUT2D eigenvalue weighted by Crippen LogP contribution is 2.42. The van der Waals surface area contributed by atoms with E-state index in [4.69, 9.17) is 11.6 Å². The fourth-order valence-corrected chi connectivity index (χ4v) is 2.67. The average molecular weight is 246 g/mol. The molecule has 2 aromatic carbocycles. The van der Waals surface area contributed by atoms with Crippen LogP contribution in [0.4, 0.5) is 5.69 Å². The molecule has 3 heteroatoms. The molecule has 0 aliphatic carbocycles. The molecule has 0 radical (unpaired) electrons. The number of nitrogens with one attached hydrogen (secondary N) is 1. The summed E-state index contributed by atoms with van der Waals surface area (Å²) in [6.45, 7) is 0.825. The second kappa shape index (κ2) is 3.97. The lowest BCUT2D eigenvalue weighted by Gasteiger charge is -2.10. The quantitative estimate of drug-likeness (QED) is 0.801. The zero-order valence-electron chi connectivity index (χ0n) is 9.15. The van der Waals surface area contributed by atoms with Crippen LogP contribution in [0.2, 0.25) is 0 Å². The molecule has 2 aromatic rings. The summed E-state index contributed by atoms with van der Waals surface area (Å²) in [4.78, 5) is 0. The lowest BCUT2D eigenvalue weighted by atomic mass is 9.94. The maximum absolute atomic E-state index is 9.97. The van der Waals surface area contributed by atoms with Gasteiger partial charge in [-0.25, -0.2) is 0 Å². The van der Waals surface area contributed by atoms with Crippen molar-refractivity contribution in [2.45, 2.75) is 5.92 Å². The van der Waals surface area contributed by atoms with Crippen LogP contribution in [-0.4, -0.2) is 11.7 Å². The molecule has 0 bridgehead atoms. The van der Waals surface area contributed by atoms with E-state index in [0.29, 0.717) is 5.75 Å². The average Bonchev–Trinajstić information content (AvgIpc) is 2.73. The van der Waals surface area contributed by atoms with Gasteiger partial charge in [-0.2, -0.15) is 0 Å². The Morgan fingerprint density at radius 3 is 2.82 bits per heavy atom. The highest BCUT2D eigenvalue weighted by atomic mass is 35.5. The van der Waals surface area contributed by atoms with Gasteiger partial charge in [0.25, 0.3) is 0 Å². The summed E-state index contributed by atoms with van der Waals surface area (Å²) in [6, 6.07) is 9.69. The van der Waals surface area contributed by atoms with E-state index in [-0.39, 0.29) is 5.92 Å². The van der Waals surface area contributed by atoms with Crippen molar-refractivity contribution in [2.24, 2.45) is 0 Å². The molecule has 2 nitrogen and oxygen atoms in total. The van der Waals surface area contributed by atoms with Crippen molar-refractivity contribution < 1.29 is 5.11 Å². The first kappa shape index (κ1) is 10.5. The topological polar surface area (TPSA) is 32.3 Å². The van der Waals surface area contributed by atoms with E-state index in [0.717, 1.165) is 23.0 Å². The van der Waals surface area contributed by atoms with E-state index >= 15 is 0 Å². The number of phenols is 1. The van der Waals surface area contributed by atoms with Crippen molar-refractivity contribution in [3.63, 3.8) is 0 Å². The van der Waals surface area contributed by atoms with Gasteiger partial charge in [-0.3, -0.25) is 0 Å². The number of halogens is 1. The zero-order chi connectivity index (χ0) is 11.8. The summed E-state index contributed by atoms with van der Waals surface area (Å²) >= 11 is 5.67. The standard InChI is InChI=1S/C14H12ClNO/c15-6-5-9-8-16-12-7-13(17)10-3-1-2-4-11(10)14(9)12/h1-7,9,16-17H,8H2/b6-5+. The minimum absolute atomic E-state index is 0.271. The number of aromatic hydroxyl groups is 1. The molecular formula is C14H12ClNO. The third kappa shape index (κ3) is 1.56. The second-order valence-electron chi connectivity index (χ2n) is 4.21. The van der Waals surface area contributed by atoms with Crippen molar-refractivity contribution in [1.82, 2.24) is 0 Å². The Kier molecular flexibility index (Phi) is 2.45. The Balaban J connectivity index is 2.33. The Morgan fingerprint density at radius 2 is 2.06 bits per heavy atom. The zero-order valence-corrected chi connectivity index (χ0v) is 9.91. The van der Waals surface area contributed by atoms with Gasteiger partial charge in [-0.15, -0.1) is 0 Å². The maximum atomic E-state index is 9.97. The van der Waals surface area contributed by atoms with Gasteiger partial charge < -0.3 is 10.4 Å². The van der Waals surface area contributed by atoms with Gasteiger partial charge in [0.05, 0.1) is 0 Å². The molecule has 1 heterocycles. The molecule has 86 valence electrons. The smallest absolute Gasteiger partial charge is 0.125 e. The summed E-state index contributed by atoms with van der Waals surface area (Å²) in [5.41, 5.74) is 3.78. The summed E-state index contributed by atoms with van der Waals surface area (Å²) < 4.78 is 0. The molecule has 1 aliphatic heterocycles. The van der Waals surface area contributed by atoms with Gasteiger partial charge in [0, 0.05) is 35.1 Å². The number of anilines is 1. The number of hydrogen-bond acceptors (Lipinski definition) is 2. The SMILES string of the molecule is Oc1cc2c(c3ccccc13)C(/C=C/Cl)CN2. The molecule has 0 fully saturated rings. The fourth-order valence-electron chi connectivity index (χ4n) is 2.50. The largest absolute Gasteiger partial charge is 0.507 e. The normalized spacial score (nSPS) is 18.5. The van der Waals surface area contributed by atoms with E-state index in [2.05, 4.69) is 5.32 Å². The number of phenolic OH excluding ortho intramolecular Hbond substituents is 1. The van der Waals surface area contributed by atoms with Crippen molar-refractivity contribution in [3.8, 4) is 5.75 Å². The molecule has 3 rings (SSSR count). The first-order chi connectivity index (χ1) is 8.31. The first-order valence-corrected chi connectivity index (χ1v) is 6.00. The van der Waals surface area contributed by atoms with Gasteiger partial charge in [0.1, 0.15) is 5.75 Å². The van der Waals surface area contributed by atoms with Crippen LogP contribution in [0, 0.1) is 0 Å². The molecule has 0 saturated heterocycles. The van der Waals surface area contributed by atoms with Gasteiger partial charge in [-0.1, -0.05) is 41.9 Å². The molecule has 0 saturated carbocycles. The van der Waals surface area contributed by atoms with Crippen LogP contribution in [0.3, 0.4) is 0 Å². The van der Waals surface area contributed by atoms with Gasteiger partial charge in [0.15, 0.2) is 0 Å². The van der Waals surface area contributed by atoms with E-state index in [1.807, 2.05) is 30.3 Å². The summed E-state index contributed by atoms with van der Waals surface area (Å²) in [5.74, 6) is 0.593.